The maximum absolute atomic E-state index is 12.5. The van der Waals surface area contributed by atoms with Crippen molar-refractivity contribution in [2.24, 2.45) is 0 Å². The second kappa shape index (κ2) is 5.25. The fourth-order valence-corrected chi connectivity index (χ4v) is 3.66. The molecule has 0 heterocycles. The number of carbonyl (C=O) groups excluding carboxylic acids is 1. The Kier molecular flexibility index (Phi) is 3.23. The molecule has 0 bridgehead atoms. The van der Waals surface area contributed by atoms with Crippen LogP contribution in [0.15, 0.2) is 59.1 Å². The van der Waals surface area contributed by atoms with Crippen LogP contribution in [0, 0.1) is 0 Å². The molecule has 0 radical (unpaired) electrons. The summed E-state index contributed by atoms with van der Waals surface area (Å²) in [5.41, 5.74) is 4.28. The molecule has 1 N–H and O–H groups in total. The summed E-state index contributed by atoms with van der Waals surface area (Å²) in [5, 5.41) is 5.50. The van der Waals surface area contributed by atoms with Crippen LogP contribution < -0.4 is 5.32 Å². The van der Waals surface area contributed by atoms with E-state index in [1.54, 1.807) is 0 Å². The first-order valence-corrected chi connectivity index (χ1v) is 8.13. The molecular weight excluding hydrogens is 338 g/mol. The highest BCUT2D eigenvalue weighted by Crippen LogP contribution is 2.35. The van der Waals surface area contributed by atoms with Crippen LogP contribution in [-0.4, -0.2) is 5.91 Å². The Morgan fingerprint density at radius 2 is 1.68 bits per heavy atom. The number of rotatable bonds is 2. The Balaban J connectivity index is 1.77. The highest BCUT2D eigenvalue weighted by atomic mass is 79.9. The highest BCUT2D eigenvalue weighted by molar-refractivity contribution is 9.10. The Labute approximate surface area is 137 Å². The molecule has 0 fully saturated rings. The molecule has 108 valence electrons. The van der Waals surface area contributed by atoms with Gasteiger partial charge >= 0.3 is 0 Å². The van der Waals surface area contributed by atoms with Crippen molar-refractivity contribution in [3.63, 3.8) is 0 Å². The average molecular weight is 352 g/mol. The number of carbonyl (C=O) groups is 1. The van der Waals surface area contributed by atoms with Gasteiger partial charge in [0.2, 0.25) is 0 Å². The SMILES string of the molecule is O=C(Nc1ccc2c3c(cccc13)CC2)c1ccccc1Br. The summed E-state index contributed by atoms with van der Waals surface area (Å²) in [6.45, 7) is 0. The molecule has 0 saturated carbocycles. The van der Waals surface area contributed by atoms with E-state index in [2.05, 4.69) is 45.5 Å². The number of hydrogen-bond acceptors (Lipinski definition) is 1. The van der Waals surface area contributed by atoms with Gasteiger partial charge in [-0.15, -0.1) is 0 Å². The third kappa shape index (κ3) is 2.13. The van der Waals surface area contributed by atoms with Crippen LogP contribution in [0.25, 0.3) is 10.8 Å². The van der Waals surface area contributed by atoms with Crippen molar-refractivity contribution in [3.8, 4) is 0 Å². The van der Waals surface area contributed by atoms with Gasteiger partial charge in [0.25, 0.3) is 5.91 Å². The van der Waals surface area contributed by atoms with Crippen LogP contribution in [0.3, 0.4) is 0 Å². The van der Waals surface area contributed by atoms with Crippen LogP contribution in [0.2, 0.25) is 0 Å². The van der Waals surface area contributed by atoms with Crippen molar-refractivity contribution in [3.05, 3.63) is 75.8 Å². The van der Waals surface area contributed by atoms with Crippen LogP contribution in [0.4, 0.5) is 5.69 Å². The predicted molar refractivity (Wildman–Crippen MR) is 93.5 cm³/mol. The first kappa shape index (κ1) is 13.5. The molecule has 3 aromatic carbocycles. The number of halogens is 1. The first-order valence-electron chi connectivity index (χ1n) is 7.33. The zero-order valence-corrected chi connectivity index (χ0v) is 13.5. The van der Waals surface area contributed by atoms with E-state index in [-0.39, 0.29) is 5.91 Å². The van der Waals surface area contributed by atoms with Crippen molar-refractivity contribution in [2.45, 2.75) is 12.8 Å². The molecule has 1 aliphatic rings. The maximum Gasteiger partial charge on any atom is 0.256 e. The van der Waals surface area contributed by atoms with Gasteiger partial charge in [-0.3, -0.25) is 4.79 Å². The number of anilines is 1. The Hall–Kier alpha value is -2.13. The second-order valence-electron chi connectivity index (χ2n) is 5.55. The van der Waals surface area contributed by atoms with Crippen LogP contribution in [0.1, 0.15) is 21.5 Å². The molecule has 0 atom stereocenters. The van der Waals surface area contributed by atoms with E-state index in [0.717, 1.165) is 28.4 Å². The van der Waals surface area contributed by atoms with E-state index in [4.69, 9.17) is 0 Å². The normalized spacial score (nSPS) is 12.6. The lowest BCUT2D eigenvalue weighted by Crippen LogP contribution is -2.12. The molecule has 0 aromatic heterocycles. The molecule has 1 amide bonds. The van der Waals surface area contributed by atoms with E-state index in [1.165, 1.54) is 16.5 Å². The summed E-state index contributed by atoms with van der Waals surface area (Å²) in [6, 6.07) is 18.0. The largest absolute Gasteiger partial charge is 0.321 e. The number of benzene rings is 3. The molecule has 3 heteroatoms. The van der Waals surface area contributed by atoms with E-state index in [1.807, 2.05) is 30.3 Å². The van der Waals surface area contributed by atoms with Crippen molar-refractivity contribution < 1.29 is 4.79 Å². The highest BCUT2D eigenvalue weighted by Gasteiger charge is 2.17. The van der Waals surface area contributed by atoms with E-state index in [0.29, 0.717) is 5.56 Å². The van der Waals surface area contributed by atoms with Gasteiger partial charge in [-0.1, -0.05) is 36.4 Å². The molecule has 3 aromatic rings. The number of amides is 1. The lowest BCUT2D eigenvalue weighted by Gasteiger charge is -2.11. The fraction of sp³-hybridized carbons (Fsp3) is 0.105. The van der Waals surface area contributed by atoms with Crippen LogP contribution >= 0.6 is 15.9 Å². The minimum Gasteiger partial charge on any atom is -0.321 e. The van der Waals surface area contributed by atoms with E-state index >= 15 is 0 Å². The Morgan fingerprint density at radius 3 is 2.50 bits per heavy atom. The lowest BCUT2D eigenvalue weighted by molar-refractivity contribution is 0.102. The smallest absolute Gasteiger partial charge is 0.256 e. The molecule has 0 unspecified atom stereocenters. The number of nitrogens with one attached hydrogen (secondary N) is 1. The molecule has 22 heavy (non-hydrogen) atoms. The van der Waals surface area contributed by atoms with Crippen molar-refractivity contribution in [1.82, 2.24) is 0 Å². The van der Waals surface area contributed by atoms with Crippen molar-refractivity contribution in [2.75, 3.05) is 5.32 Å². The summed E-state index contributed by atoms with van der Waals surface area (Å²) in [6.07, 6.45) is 2.18. The monoisotopic (exact) mass is 351 g/mol. The molecule has 0 aliphatic heterocycles. The zero-order valence-electron chi connectivity index (χ0n) is 11.9. The van der Waals surface area contributed by atoms with Gasteiger partial charge < -0.3 is 5.32 Å². The summed E-state index contributed by atoms with van der Waals surface area (Å²) in [4.78, 5) is 12.5. The third-order valence-electron chi connectivity index (χ3n) is 4.24. The molecule has 2 nitrogen and oxygen atoms in total. The quantitative estimate of drug-likeness (QED) is 0.694. The van der Waals surface area contributed by atoms with Gasteiger partial charge in [0.1, 0.15) is 0 Å². The number of aryl methyl sites for hydroxylation is 2. The molecule has 1 aliphatic carbocycles. The van der Waals surface area contributed by atoms with Crippen LogP contribution in [0.5, 0.6) is 0 Å². The van der Waals surface area contributed by atoms with E-state index < -0.39 is 0 Å². The summed E-state index contributed by atoms with van der Waals surface area (Å²) >= 11 is 3.43. The molecule has 0 saturated heterocycles. The first-order chi connectivity index (χ1) is 10.7. The summed E-state index contributed by atoms with van der Waals surface area (Å²) in [5.74, 6) is -0.0915. The van der Waals surface area contributed by atoms with Gasteiger partial charge in [-0.25, -0.2) is 0 Å². The number of hydrogen-bond donors (Lipinski definition) is 1. The molecule has 4 rings (SSSR count). The third-order valence-corrected chi connectivity index (χ3v) is 4.94. The zero-order chi connectivity index (χ0) is 15.1. The van der Waals surface area contributed by atoms with Gasteiger partial charge in [0, 0.05) is 15.5 Å². The Bertz CT molecular complexity index is 891. The standard InChI is InChI=1S/C19H14BrNO/c20-16-7-2-1-5-14(16)19(22)21-17-11-10-13-9-8-12-4-3-6-15(17)18(12)13/h1-7,10-11H,8-9H2,(H,21,22). The molecular formula is C19H14BrNO. The lowest BCUT2D eigenvalue weighted by atomic mass is 10.0. The minimum atomic E-state index is -0.0915. The topological polar surface area (TPSA) is 29.1 Å². The van der Waals surface area contributed by atoms with Crippen molar-refractivity contribution in [1.29, 1.82) is 0 Å². The summed E-state index contributed by atoms with van der Waals surface area (Å²) in [7, 11) is 0. The minimum absolute atomic E-state index is 0.0915. The van der Waals surface area contributed by atoms with Crippen LogP contribution in [-0.2, 0) is 12.8 Å². The maximum atomic E-state index is 12.5. The average Bonchev–Trinajstić information content (AvgIpc) is 2.95. The Morgan fingerprint density at radius 1 is 0.909 bits per heavy atom. The van der Waals surface area contributed by atoms with Gasteiger partial charge in [-0.2, -0.15) is 0 Å². The van der Waals surface area contributed by atoms with Gasteiger partial charge in [-0.05, 0) is 63.5 Å². The van der Waals surface area contributed by atoms with Gasteiger partial charge in [0.15, 0.2) is 0 Å². The summed E-state index contributed by atoms with van der Waals surface area (Å²) < 4.78 is 0.804. The molecule has 0 spiro atoms. The van der Waals surface area contributed by atoms with Crippen molar-refractivity contribution >= 4 is 38.3 Å². The van der Waals surface area contributed by atoms with E-state index in [9.17, 15) is 4.79 Å². The van der Waals surface area contributed by atoms with Gasteiger partial charge in [0.05, 0.1) is 5.56 Å². The predicted octanol–water partition coefficient (Wildman–Crippen LogP) is 4.95. The second-order valence-corrected chi connectivity index (χ2v) is 6.40. The fourth-order valence-electron chi connectivity index (χ4n) is 3.19.